The van der Waals surface area contributed by atoms with E-state index in [0.717, 1.165) is 100 Å². The number of rotatable bonds is 21. The van der Waals surface area contributed by atoms with Crippen molar-refractivity contribution >= 4 is 58.3 Å². The Kier molecular flexibility index (Phi) is 16.6. The quantitative estimate of drug-likeness (QED) is 0.0460. The third kappa shape index (κ3) is 11.5. The predicted molar refractivity (Wildman–Crippen MR) is 260 cm³/mol. The molecule has 68 heavy (non-hydrogen) atoms. The molecule has 3 aromatic rings. The number of nitrogens with one attached hydrogen (secondary N) is 7. The monoisotopic (exact) mass is 950 g/mol. The standard InChI is InChI=1S/C51H63ClN8O8/c1-5-7-8-12-15-42(61)53-23-43(62)54-25-45(64)58-40(20-31-13-10-9-11-14-31)50(66)55-24-44(63)56-28-68-27-46(65)57-38-19-18-33-30(4)37(52)22-39-47(33)48(38)36-26-60-41(49(36)59-39)21-35-32(6-2)29(3)16-17-34(35)51(60)67/h9-11,13-14,21-22,32,38,40,49,59H,3,5-8,12,15-20,23-28H2,1-2,4H3,(H,53,61)(H,54,62)(H,55,66)(H,56,63)(H,57,65)(H,58,64). The summed E-state index contributed by atoms with van der Waals surface area (Å²) in [5.74, 6) is -2.91. The highest BCUT2D eigenvalue weighted by Gasteiger charge is 2.42. The van der Waals surface area contributed by atoms with Crippen LogP contribution in [0.25, 0.3) is 5.57 Å². The number of halogens is 1. The average molecular weight is 952 g/mol. The summed E-state index contributed by atoms with van der Waals surface area (Å²) >= 11 is 6.78. The fourth-order valence-corrected chi connectivity index (χ4v) is 10.2. The summed E-state index contributed by atoms with van der Waals surface area (Å²) in [6, 6.07) is 11.4. The van der Waals surface area contributed by atoms with Crippen LogP contribution < -0.4 is 42.8 Å². The number of aromatic nitrogens is 1. The fraction of sp³-hybridized carbons (Fsp3) is 0.471. The molecule has 0 radical (unpaired) electrons. The van der Waals surface area contributed by atoms with Crippen molar-refractivity contribution in [2.24, 2.45) is 0 Å². The first-order chi connectivity index (χ1) is 32.8. The number of nitrogens with zero attached hydrogens (tertiary/aromatic N) is 1. The molecule has 3 heterocycles. The zero-order chi connectivity index (χ0) is 48.5. The highest BCUT2D eigenvalue weighted by molar-refractivity contribution is 6.32. The number of allylic oxidation sites excluding steroid dienone is 1. The normalized spacial score (nSPS) is 17.9. The first kappa shape index (κ1) is 49.6. The van der Waals surface area contributed by atoms with Crippen LogP contribution in [0.2, 0.25) is 5.02 Å². The molecule has 7 N–H and O–H groups in total. The van der Waals surface area contributed by atoms with Crippen molar-refractivity contribution in [3.05, 3.63) is 115 Å². The van der Waals surface area contributed by atoms with Crippen LogP contribution >= 0.6 is 11.6 Å². The van der Waals surface area contributed by atoms with Crippen molar-refractivity contribution < 1.29 is 33.5 Å². The number of hydrogen-bond donors (Lipinski definition) is 7. The zero-order valence-corrected chi connectivity index (χ0v) is 39.9. The van der Waals surface area contributed by atoms with Crippen molar-refractivity contribution in [1.82, 2.24) is 36.5 Å². The van der Waals surface area contributed by atoms with Crippen molar-refractivity contribution in [1.29, 1.82) is 0 Å². The number of anilines is 1. The Hall–Kier alpha value is -6.26. The van der Waals surface area contributed by atoms with Crippen LogP contribution in [-0.4, -0.2) is 85.1 Å². The fourth-order valence-electron chi connectivity index (χ4n) is 9.94. The molecule has 0 fully saturated rings. The van der Waals surface area contributed by atoms with Gasteiger partial charge in [-0.25, -0.2) is 0 Å². The van der Waals surface area contributed by atoms with E-state index in [9.17, 15) is 33.6 Å². The van der Waals surface area contributed by atoms with Crippen molar-refractivity contribution in [3.8, 4) is 0 Å². The summed E-state index contributed by atoms with van der Waals surface area (Å²) < 4.78 is 7.46. The second-order valence-corrected chi connectivity index (χ2v) is 18.5. The van der Waals surface area contributed by atoms with Gasteiger partial charge < -0.3 is 46.5 Å². The lowest BCUT2D eigenvalue weighted by molar-refractivity contribution is -0.131. The second-order valence-electron chi connectivity index (χ2n) is 18.1. The molecule has 362 valence electrons. The largest absolute Gasteiger partial charge is 0.372 e. The lowest BCUT2D eigenvalue weighted by Gasteiger charge is -2.38. The molecular formula is C51H63ClN8O8. The molecule has 0 spiro atoms. The summed E-state index contributed by atoms with van der Waals surface area (Å²) in [5, 5.41) is 20.3. The zero-order valence-electron chi connectivity index (χ0n) is 39.2. The van der Waals surface area contributed by atoms with Crippen LogP contribution in [0, 0.1) is 6.92 Å². The van der Waals surface area contributed by atoms with E-state index >= 15 is 0 Å². The Morgan fingerprint density at radius 2 is 1.60 bits per heavy atom. The van der Waals surface area contributed by atoms with E-state index in [0.29, 0.717) is 37.3 Å². The molecule has 4 unspecified atom stereocenters. The molecule has 1 aromatic heterocycles. The Morgan fingerprint density at radius 1 is 0.868 bits per heavy atom. The minimum atomic E-state index is -1.08. The maximum Gasteiger partial charge on any atom is 0.254 e. The molecule has 2 aliphatic heterocycles. The van der Waals surface area contributed by atoms with Gasteiger partial charge in [-0.1, -0.05) is 87.2 Å². The van der Waals surface area contributed by atoms with E-state index in [1.165, 1.54) is 0 Å². The molecule has 4 aliphatic rings. The number of hydrogen-bond acceptors (Lipinski definition) is 9. The molecule has 16 nitrogen and oxygen atoms in total. The highest BCUT2D eigenvalue weighted by Crippen LogP contribution is 2.51. The number of unbranched alkanes of at least 4 members (excludes halogenated alkanes) is 3. The van der Waals surface area contributed by atoms with Crippen molar-refractivity contribution in [2.75, 3.05) is 38.3 Å². The van der Waals surface area contributed by atoms with Gasteiger partial charge in [-0.05, 0) is 91.0 Å². The van der Waals surface area contributed by atoms with E-state index < -0.39 is 42.8 Å². The lowest BCUT2D eigenvalue weighted by Crippen LogP contribution is -2.52. The van der Waals surface area contributed by atoms with Gasteiger partial charge in [0.25, 0.3) is 5.56 Å². The van der Waals surface area contributed by atoms with Gasteiger partial charge in [-0.15, -0.1) is 0 Å². The third-order valence-electron chi connectivity index (χ3n) is 13.5. The predicted octanol–water partition coefficient (Wildman–Crippen LogP) is 4.31. The summed E-state index contributed by atoms with van der Waals surface area (Å²) in [7, 11) is 0. The van der Waals surface area contributed by atoms with Crippen LogP contribution in [0.4, 0.5) is 5.69 Å². The maximum atomic E-state index is 14.1. The van der Waals surface area contributed by atoms with Gasteiger partial charge in [0, 0.05) is 52.8 Å². The van der Waals surface area contributed by atoms with E-state index in [4.69, 9.17) is 16.3 Å². The van der Waals surface area contributed by atoms with Gasteiger partial charge in [0.15, 0.2) is 0 Å². The number of benzene rings is 2. The van der Waals surface area contributed by atoms with Gasteiger partial charge >= 0.3 is 0 Å². The topological polar surface area (TPSA) is 218 Å². The molecule has 0 saturated carbocycles. The van der Waals surface area contributed by atoms with Crippen LogP contribution in [-0.2, 0) is 59.3 Å². The minimum Gasteiger partial charge on any atom is -0.372 e. The Balaban J connectivity index is 0.914. The van der Waals surface area contributed by atoms with Crippen LogP contribution in [0.3, 0.4) is 0 Å². The summed E-state index contributed by atoms with van der Waals surface area (Å²) in [6.07, 6.45) is 7.80. The minimum absolute atomic E-state index is 0.0295. The van der Waals surface area contributed by atoms with Gasteiger partial charge in [0.2, 0.25) is 35.4 Å². The van der Waals surface area contributed by atoms with Crippen LogP contribution in [0.1, 0.15) is 116 Å². The average Bonchev–Trinajstić information content (AvgIpc) is 3.70. The molecule has 2 aliphatic carbocycles. The summed E-state index contributed by atoms with van der Waals surface area (Å²) in [4.78, 5) is 91.0. The second kappa shape index (κ2) is 22.7. The van der Waals surface area contributed by atoms with Gasteiger partial charge in [0.1, 0.15) is 19.4 Å². The van der Waals surface area contributed by atoms with Crippen LogP contribution in [0.15, 0.2) is 65.0 Å². The molecule has 4 atom stereocenters. The summed E-state index contributed by atoms with van der Waals surface area (Å²) in [6.45, 7) is 9.14. The number of carbonyl (C=O) groups is 6. The number of amides is 6. The van der Waals surface area contributed by atoms with E-state index in [1.54, 1.807) is 24.3 Å². The third-order valence-corrected chi connectivity index (χ3v) is 13.9. The van der Waals surface area contributed by atoms with Gasteiger partial charge in [-0.3, -0.25) is 33.6 Å². The number of carbonyl (C=O) groups excluding carboxylic acids is 6. The summed E-state index contributed by atoms with van der Waals surface area (Å²) in [5.41, 5.74) is 10.7. The first-order valence-electron chi connectivity index (χ1n) is 23.8. The molecule has 0 saturated heterocycles. The molecule has 7 rings (SSSR count). The molecule has 0 bridgehead atoms. The van der Waals surface area contributed by atoms with Crippen molar-refractivity contribution in [3.63, 3.8) is 0 Å². The SMILES string of the molecule is C=C1CCc2c(cc3n(c2=O)CC2=C4c5c(cc(Cl)c(C)c5CCC4NC(=O)COCNC(=O)CNC(=O)C(Cc4ccccc4)NC(=O)CNC(=O)CNC(=O)CCCCCC)NC23)C1CC. The number of fused-ring (bicyclic) bond motifs is 4. The van der Waals surface area contributed by atoms with Gasteiger partial charge in [-0.2, -0.15) is 0 Å². The molecular weight excluding hydrogens is 888 g/mol. The van der Waals surface area contributed by atoms with E-state index in [1.807, 2.05) is 23.6 Å². The lowest BCUT2D eigenvalue weighted by atomic mass is 9.75. The Bertz CT molecular complexity index is 2560. The smallest absolute Gasteiger partial charge is 0.254 e. The first-order valence-corrected chi connectivity index (χ1v) is 24.2. The number of pyridine rings is 1. The van der Waals surface area contributed by atoms with Crippen molar-refractivity contribution in [2.45, 2.75) is 122 Å². The van der Waals surface area contributed by atoms with E-state index in [2.05, 4.69) is 63.7 Å². The molecule has 17 heteroatoms. The van der Waals surface area contributed by atoms with Crippen LogP contribution in [0.5, 0.6) is 0 Å². The highest BCUT2D eigenvalue weighted by atomic mass is 35.5. The Morgan fingerprint density at radius 3 is 2.37 bits per heavy atom. The van der Waals surface area contributed by atoms with E-state index in [-0.39, 0.29) is 61.7 Å². The maximum absolute atomic E-state index is 14.1. The molecule has 6 amide bonds. The molecule has 2 aromatic carbocycles. The number of ether oxygens (including phenoxy) is 1. The van der Waals surface area contributed by atoms with Gasteiger partial charge in [0.05, 0.1) is 31.7 Å². The Labute approximate surface area is 401 Å².